The van der Waals surface area contributed by atoms with E-state index < -0.39 is 9.84 Å². The standard InChI is InChI=1S/C10H12N2O3S2/c1-3-5-6-11-9(13)8-7-12-10(16-8)17(14,15)4-2/h1,7H,4-6H2,2H3,(H,11,13). The van der Waals surface area contributed by atoms with Crippen molar-refractivity contribution in [1.82, 2.24) is 10.3 Å². The second-order valence-electron chi connectivity index (χ2n) is 3.10. The van der Waals surface area contributed by atoms with Gasteiger partial charge in [0.1, 0.15) is 4.88 Å². The van der Waals surface area contributed by atoms with Crippen molar-refractivity contribution in [2.45, 2.75) is 17.7 Å². The van der Waals surface area contributed by atoms with Gasteiger partial charge < -0.3 is 5.32 Å². The number of aromatic nitrogens is 1. The summed E-state index contributed by atoms with van der Waals surface area (Å²) >= 11 is 0.868. The summed E-state index contributed by atoms with van der Waals surface area (Å²) in [6, 6.07) is 0. The van der Waals surface area contributed by atoms with Crippen LogP contribution < -0.4 is 5.32 Å². The molecule has 0 aliphatic rings. The number of hydrogen-bond acceptors (Lipinski definition) is 5. The molecule has 1 aromatic rings. The quantitative estimate of drug-likeness (QED) is 0.632. The van der Waals surface area contributed by atoms with Gasteiger partial charge in [-0.1, -0.05) is 18.3 Å². The van der Waals surface area contributed by atoms with Gasteiger partial charge in [0.25, 0.3) is 5.91 Å². The molecular formula is C10H12N2O3S2. The lowest BCUT2D eigenvalue weighted by molar-refractivity contribution is 0.0958. The zero-order valence-electron chi connectivity index (χ0n) is 9.26. The van der Waals surface area contributed by atoms with Gasteiger partial charge in [-0.25, -0.2) is 13.4 Å². The van der Waals surface area contributed by atoms with Gasteiger partial charge in [0.2, 0.25) is 14.2 Å². The van der Waals surface area contributed by atoms with E-state index in [-0.39, 0.29) is 20.9 Å². The Bertz CT molecular complexity index is 540. The van der Waals surface area contributed by atoms with Gasteiger partial charge in [0.15, 0.2) is 0 Å². The molecule has 0 saturated heterocycles. The summed E-state index contributed by atoms with van der Waals surface area (Å²) in [5.41, 5.74) is 0. The molecular weight excluding hydrogens is 260 g/mol. The molecule has 0 aliphatic heterocycles. The van der Waals surface area contributed by atoms with E-state index in [0.717, 1.165) is 11.3 Å². The van der Waals surface area contributed by atoms with Crippen LogP contribution in [0.2, 0.25) is 0 Å². The predicted molar refractivity (Wildman–Crippen MR) is 65.6 cm³/mol. The lowest BCUT2D eigenvalue weighted by Gasteiger charge is -1.98. The largest absolute Gasteiger partial charge is 0.350 e. The Balaban J connectivity index is 2.76. The molecule has 0 bridgehead atoms. The number of thiazole rings is 1. The van der Waals surface area contributed by atoms with Crippen LogP contribution in [0.3, 0.4) is 0 Å². The first-order chi connectivity index (χ1) is 8.01. The van der Waals surface area contributed by atoms with E-state index in [9.17, 15) is 13.2 Å². The first-order valence-corrected chi connectivity index (χ1v) is 7.38. The van der Waals surface area contributed by atoms with E-state index in [1.165, 1.54) is 13.1 Å². The second-order valence-corrected chi connectivity index (χ2v) is 6.59. The number of rotatable bonds is 5. The average Bonchev–Trinajstić information content (AvgIpc) is 2.79. The van der Waals surface area contributed by atoms with Crippen molar-refractivity contribution < 1.29 is 13.2 Å². The van der Waals surface area contributed by atoms with Crippen LogP contribution in [-0.2, 0) is 9.84 Å². The topological polar surface area (TPSA) is 76.1 Å². The molecule has 1 amide bonds. The van der Waals surface area contributed by atoms with Crippen molar-refractivity contribution in [2.75, 3.05) is 12.3 Å². The molecule has 0 radical (unpaired) electrons. The van der Waals surface area contributed by atoms with Crippen molar-refractivity contribution in [3.63, 3.8) is 0 Å². The fourth-order valence-corrected chi connectivity index (χ4v) is 3.12. The monoisotopic (exact) mass is 272 g/mol. The van der Waals surface area contributed by atoms with E-state index in [1.54, 1.807) is 0 Å². The van der Waals surface area contributed by atoms with Gasteiger partial charge in [-0.2, -0.15) is 0 Å². The molecule has 92 valence electrons. The number of amides is 1. The fourth-order valence-electron chi connectivity index (χ4n) is 0.966. The lowest BCUT2D eigenvalue weighted by atomic mass is 10.4. The zero-order valence-corrected chi connectivity index (χ0v) is 10.9. The minimum absolute atomic E-state index is 0.0258. The van der Waals surface area contributed by atoms with Crippen LogP contribution in [0.15, 0.2) is 10.5 Å². The highest BCUT2D eigenvalue weighted by molar-refractivity contribution is 7.93. The Hall–Kier alpha value is -1.39. The number of nitrogens with zero attached hydrogens (tertiary/aromatic N) is 1. The van der Waals surface area contributed by atoms with Crippen molar-refractivity contribution >= 4 is 27.1 Å². The molecule has 0 unspecified atom stereocenters. The number of nitrogens with one attached hydrogen (secondary N) is 1. The molecule has 5 nitrogen and oxygen atoms in total. The number of sulfone groups is 1. The summed E-state index contributed by atoms with van der Waals surface area (Å²) in [4.78, 5) is 15.6. The van der Waals surface area contributed by atoms with Crippen LogP contribution in [-0.4, -0.2) is 31.6 Å². The summed E-state index contributed by atoms with van der Waals surface area (Å²) < 4.78 is 22.9. The van der Waals surface area contributed by atoms with E-state index in [4.69, 9.17) is 6.42 Å². The van der Waals surface area contributed by atoms with Gasteiger partial charge >= 0.3 is 0 Å². The van der Waals surface area contributed by atoms with Gasteiger partial charge in [-0.05, 0) is 0 Å². The van der Waals surface area contributed by atoms with E-state index >= 15 is 0 Å². The summed E-state index contributed by atoms with van der Waals surface area (Å²) in [5.74, 6) is 2.01. The summed E-state index contributed by atoms with van der Waals surface area (Å²) in [5, 5.41) is 2.58. The number of hydrogen-bond donors (Lipinski definition) is 1. The van der Waals surface area contributed by atoms with Crippen LogP contribution in [0.4, 0.5) is 0 Å². The number of terminal acetylenes is 1. The zero-order chi connectivity index (χ0) is 12.9. The first kappa shape index (κ1) is 13.7. The molecule has 1 rings (SSSR count). The maximum atomic E-state index is 11.5. The third-order valence-electron chi connectivity index (χ3n) is 1.91. The second kappa shape index (κ2) is 5.80. The van der Waals surface area contributed by atoms with Crippen molar-refractivity contribution in [1.29, 1.82) is 0 Å². The van der Waals surface area contributed by atoms with E-state index in [0.29, 0.717) is 13.0 Å². The van der Waals surface area contributed by atoms with Gasteiger partial charge in [0.05, 0.1) is 11.9 Å². The molecule has 0 aromatic carbocycles. The van der Waals surface area contributed by atoms with E-state index in [1.807, 2.05) is 0 Å². The molecule has 1 heterocycles. The highest BCUT2D eigenvalue weighted by atomic mass is 32.2. The van der Waals surface area contributed by atoms with E-state index in [2.05, 4.69) is 16.2 Å². The van der Waals surface area contributed by atoms with Crippen LogP contribution in [0.1, 0.15) is 23.0 Å². The van der Waals surface area contributed by atoms with Gasteiger partial charge in [-0.3, -0.25) is 4.79 Å². The molecule has 0 atom stereocenters. The van der Waals surface area contributed by atoms with Crippen LogP contribution in [0.5, 0.6) is 0 Å². The van der Waals surface area contributed by atoms with Gasteiger partial charge in [-0.15, -0.1) is 12.3 Å². The van der Waals surface area contributed by atoms with Crippen molar-refractivity contribution in [3.8, 4) is 12.3 Å². The Morgan fingerprint density at radius 2 is 2.35 bits per heavy atom. The SMILES string of the molecule is C#CCCNC(=O)c1cnc(S(=O)(=O)CC)s1. The summed E-state index contributed by atoms with van der Waals surface area (Å²) in [6.07, 6.45) is 6.74. The smallest absolute Gasteiger partial charge is 0.263 e. The predicted octanol–water partition coefficient (Wildman–Crippen LogP) is 0.690. The van der Waals surface area contributed by atoms with Crippen molar-refractivity contribution in [3.05, 3.63) is 11.1 Å². The minimum atomic E-state index is -3.34. The van der Waals surface area contributed by atoms with Crippen LogP contribution in [0.25, 0.3) is 0 Å². The Kier molecular flexibility index (Phi) is 4.66. The lowest BCUT2D eigenvalue weighted by Crippen LogP contribution is -2.23. The highest BCUT2D eigenvalue weighted by Gasteiger charge is 2.18. The first-order valence-electron chi connectivity index (χ1n) is 4.91. The van der Waals surface area contributed by atoms with Crippen LogP contribution >= 0.6 is 11.3 Å². The third kappa shape index (κ3) is 3.54. The molecule has 0 saturated carbocycles. The Morgan fingerprint density at radius 1 is 1.65 bits per heavy atom. The molecule has 1 aromatic heterocycles. The molecule has 1 N–H and O–H groups in total. The fraction of sp³-hybridized carbons (Fsp3) is 0.400. The molecule has 0 spiro atoms. The van der Waals surface area contributed by atoms with Crippen LogP contribution in [0, 0.1) is 12.3 Å². The maximum Gasteiger partial charge on any atom is 0.263 e. The normalized spacial score (nSPS) is 10.8. The van der Waals surface area contributed by atoms with Crippen molar-refractivity contribution in [2.24, 2.45) is 0 Å². The average molecular weight is 272 g/mol. The molecule has 7 heteroatoms. The molecule has 0 fully saturated rings. The summed E-state index contributed by atoms with van der Waals surface area (Å²) in [7, 11) is -3.34. The molecule has 0 aliphatic carbocycles. The number of carbonyl (C=O) groups excluding carboxylic acids is 1. The number of carbonyl (C=O) groups is 1. The molecule has 17 heavy (non-hydrogen) atoms. The Labute approximate surface area is 104 Å². The highest BCUT2D eigenvalue weighted by Crippen LogP contribution is 2.19. The summed E-state index contributed by atoms with van der Waals surface area (Å²) in [6.45, 7) is 1.90. The minimum Gasteiger partial charge on any atom is -0.350 e. The van der Waals surface area contributed by atoms with Gasteiger partial charge in [0, 0.05) is 13.0 Å². The Morgan fingerprint density at radius 3 is 2.94 bits per heavy atom. The maximum absolute atomic E-state index is 11.5. The third-order valence-corrected chi connectivity index (χ3v) is 5.11.